The van der Waals surface area contributed by atoms with Crippen LogP contribution in [0.15, 0.2) is 36.4 Å². The van der Waals surface area contributed by atoms with Gasteiger partial charge in [-0.3, -0.25) is 0 Å². The van der Waals surface area contributed by atoms with E-state index in [-0.39, 0.29) is 0 Å². The van der Waals surface area contributed by atoms with E-state index in [1.54, 1.807) is 0 Å². The van der Waals surface area contributed by atoms with Gasteiger partial charge in [0.25, 0.3) is 0 Å². The predicted octanol–water partition coefficient (Wildman–Crippen LogP) is 4.56. The van der Waals surface area contributed by atoms with Crippen LogP contribution in [-0.4, -0.2) is 4.57 Å². The van der Waals surface area contributed by atoms with Gasteiger partial charge < -0.3 is 4.57 Å². The van der Waals surface area contributed by atoms with Gasteiger partial charge in [-0.2, -0.15) is 5.26 Å². The molecule has 2 nitrogen and oxygen atoms in total. The number of aryl methyl sites for hydroxylation is 1. The lowest BCUT2D eigenvalue weighted by atomic mass is 9.75. The molecule has 2 heteroatoms. The van der Waals surface area contributed by atoms with E-state index in [1.807, 2.05) is 24.3 Å². The molecule has 1 heterocycles. The monoisotopic (exact) mass is 264 g/mol. The van der Waals surface area contributed by atoms with E-state index in [0.29, 0.717) is 11.5 Å². The number of hydrogen-bond acceptors (Lipinski definition) is 1. The Morgan fingerprint density at radius 3 is 2.40 bits per heavy atom. The lowest BCUT2D eigenvalue weighted by Crippen LogP contribution is -2.20. The van der Waals surface area contributed by atoms with Crippen molar-refractivity contribution in [3.63, 3.8) is 0 Å². The highest BCUT2D eigenvalue weighted by Gasteiger charge is 2.27. The summed E-state index contributed by atoms with van der Waals surface area (Å²) in [7, 11) is 0. The average molecular weight is 264 g/mol. The highest BCUT2D eigenvalue weighted by atomic mass is 15.0. The van der Waals surface area contributed by atoms with E-state index in [9.17, 15) is 0 Å². The van der Waals surface area contributed by atoms with Crippen LogP contribution in [0.4, 0.5) is 0 Å². The molecule has 1 aliphatic rings. The van der Waals surface area contributed by atoms with E-state index < -0.39 is 0 Å². The van der Waals surface area contributed by atoms with E-state index >= 15 is 0 Å². The number of rotatable bonds is 3. The summed E-state index contributed by atoms with van der Waals surface area (Å²) in [5.41, 5.74) is 4.53. The Hall–Kier alpha value is -2.01. The van der Waals surface area contributed by atoms with Crippen LogP contribution < -0.4 is 0 Å². The number of nitriles is 1. The Bertz CT molecular complexity index is 639. The molecule has 20 heavy (non-hydrogen) atoms. The fourth-order valence-corrected chi connectivity index (χ4v) is 3.13. The number of benzene rings is 1. The van der Waals surface area contributed by atoms with E-state index in [1.165, 1.54) is 30.7 Å². The summed E-state index contributed by atoms with van der Waals surface area (Å²) in [6.45, 7) is 4.49. The third-order valence-electron chi connectivity index (χ3n) is 4.68. The molecule has 1 aromatic heterocycles. The maximum absolute atomic E-state index is 8.91. The van der Waals surface area contributed by atoms with E-state index in [2.05, 4.69) is 36.6 Å². The van der Waals surface area contributed by atoms with Crippen LogP contribution in [0.2, 0.25) is 0 Å². The van der Waals surface area contributed by atoms with Gasteiger partial charge in [-0.1, -0.05) is 13.3 Å². The van der Waals surface area contributed by atoms with Gasteiger partial charge in [0.1, 0.15) is 0 Å². The first-order valence-corrected chi connectivity index (χ1v) is 7.39. The lowest BCUT2D eigenvalue weighted by Gasteiger charge is -2.32. The van der Waals surface area contributed by atoms with Crippen molar-refractivity contribution in [2.24, 2.45) is 5.92 Å². The highest BCUT2D eigenvalue weighted by Crippen LogP contribution is 2.40. The largest absolute Gasteiger partial charge is 0.318 e. The third kappa shape index (κ3) is 2.14. The van der Waals surface area contributed by atoms with Gasteiger partial charge in [-0.05, 0) is 68.0 Å². The quantitative estimate of drug-likeness (QED) is 0.798. The minimum Gasteiger partial charge on any atom is -0.318 e. The first kappa shape index (κ1) is 13.0. The second kappa shape index (κ2) is 5.17. The van der Waals surface area contributed by atoms with Crippen LogP contribution >= 0.6 is 0 Å². The Balaban J connectivity index is 1.99. The molecule has 0 N–H and O–H groups in total. The molecule has 102 valence electrons. The molecular formula is C18H20N2. The van der Waals surface area contributed by atoms with E-state index in [0.717, 1.165) is 11.6 Å². The van der Waals surface area contributed by atoms with Crippen molar-refractivity contribution in [3.05, 3.63) is 53.3 Å². The summed E-state index contributed by atoms with van der Waals surface area (Å²) in [6.07, 6.45) is 4.10. The van der Waals surface area contributed by atoms with Crippen molar-refractivity contribution in [2.45, 2.75) is 39.0 Å². The molecule has 0 bridgehead atoms. The van der Waals surface area contributed by atoms with Crippen LogP contribution in [0.3, 0.4) is 0 Å². The molecule has 2 aromatic rings. The molecule has 0 saturated heterocycles. The average Bonchev–Trinajstić information content (AvgIpc) is 2.79. The highest BCUT2D eigenvalue weighted by molar-refractivity contribution is 5.43. The van der Waals surface area contributed by atoms with Gasteiger partial charge in [-0.25, -0.2) is 0 Å². The molecule has 0 amide bonds. The van der Waals surface area contributed by atoms with Crippen LogP contribution in [0.1, 0.15) is 49.1 Å². The maximum atomic E-state index is 8.91. The minimum atomic E-state index is 0.605. The van der Waals surface area contributed by atoms with Gasteiger partial charge in [0.15, 0.2) is 0 Å². The smallest absolute Gasteiger partial charge is 0.0991 e. The second-order valence-corrected chi connectivity index (χ2v) is 5.87. The van der Waals surface area contributed by atoms with Crippen LogP contribution in [0.5, 0.6) is 0 Å². The molecule has 0 radical (unpaired) electrons. The molecule has 0 unspecified atom stereocenters. The third-order valence-corrected chi connectivity index (χ3v) is 4.68. The standard InChI is InChI=1S/C18H20N2/c1-13-6-11-18(14(2)16-4-3-5-16)20(13)17-9-7-15(12-19)8-10-17/h6-11,14,16H,3-5H2,1-2H3/t14-/m0/s1. The fraction of sp³-hybridized carbons (Fsp3) is 0.389. The first-order valence-electron chi connectivity index (χ1n) is 7.39. The normalized spacial score (nSPS) is 16.4. The molecule has 0 aliphatic heterocycles. The van der Waals surface area contributed by atoms with Crippen molar-refractivity contribution in [2.75, 3.05) is 0 Å². The maximum Gasteiger partial charge on any atom is 0.0991 e. The second-order valence-electron chi connectivity index (χ2n) is 5.87. The van der Waals surface area contributed by atoms with Crippen molar-refractivity contribution < 1.29 is 0 Å². The number of aromatic nitrogens is 1. The van der Waals surface area contributed by atoms with Crippen molar-refractivity contribution >= 4 is 0 Å². The minimum absolute atomic E-state index is 0.605. The molecular weight excluding hydrogens is 244 g/mol. The lowest BCUT2D eigenvalue weighted by molar-refractivity contribution is 0.267. The SMILES string of the molecule is Cc1ccc([C@@H](C)C2CCC2)n1-c1ccc(C#N)cc1. The molecule has 1 fully saturated rings. The zero-order valence-corrected chi connectivity index (χ0v) is 12.1. The predicted molar refractivity (Wildman–Crippen MR) is 81.0 cm³/mol. The first-order chi connectivity index (χ1) is 9.70. The van der Waals surface area contributed by atoms with E-state index in [4.69, 9.17) is 5.26 Å². The summed E-state index contributed by atoms with van der Waals surface area (Å²) in [5.74, 6) is 1.44. The molecule has 1 saturated carbocycles. The fourth-order valence-electron chi connectivity index (χ4n) is 3.13. The molecule has 0 spiro atoms. The van der Waals surface area contributed by atoms with Crippen molar-refractivity contribution in [3.8, 4) is 11.8 Å². The molecule has 1 aliphatic carbocycles. The van der Waals surface area contributed by atoms with Crippen molar-refractivity contribution in [1.29, 1.82) is 5.26 Å². The summed E-state index contributed by atoms with van der Waals surface area (Å²) in [4.78, 5) is 0. The zero-order valence-electron chi connectivity index (χ0n) is 12.1. The molecule has 1 aromatic carbocycles. The Labute approximate surface area is 120 Å². The van der Waals surface area contributed by atoms with Gasteiger partial charge in [0.05, 0.1) is 11.6 Å². The van der Waals surface area contributed by atoms with Crippen LogP contribution in [0, 0.1) is 24.2 Å². The van der Waals surface area contributed by atoms with Gasteiger partial charge in [-0.15, -0.1) is 0 Å². The Morgan fingerprint density at radius 2 is 1.85 bits per heavy atom. The summed E-state index contributed by atoms with van der Waals surface area (Å²) in [5, 5.41) is 8.91. The van der Waals surface area contributed by atoms with Crippen LogP contribution in [0.25, 0.3) is 5.69 Å². The van der Waals surface area contributed by atoms with Crippen molar-refractivity contribution in [1.82, 2.24) is 4.57 Å². The zero-order chi connectivity index (χ0) is 14.1. The van der Waals surface area contributed by atoms with Crippen LogP contribution in [-0.2, 0) is 0 Å². The summed E-state index contributed by atoms with van der Waals surface area (Å²) in [6, 6.07) is 14.5. The Kier molecular flexibility index (Phi) is 3.36. The topological polar surface area (TPSA) is 28.7 Å². The Morgan fingerprint density at radius 1 is 1.15 bits per heavy atom. The van der Waals surface area contributed by atoms with Gasteiger partial charge >= 0.3 is 0 Å². The van der Waals surface area contributed by atoms with Gasteiger partial charge in [0.2, 0.25) is 0 Å². The molecule has 1 atom stereocenters. The summed E-state index contributed by atoms with van der Waals surface area (Å²) < 4.78 is 2.34. The number of nitrogens with zero attached hydrogens (tertiary/aromatic N) is 2. The number of hydrogen-bond donors (Lipinski definition) is 0. The molecule has 3 rings (SSSR count). The van der Waals surface area contributed by atoms with Gasteiger partial charge in [0, 0.05) is 17.1 Å². The summed E-state index contributed by atoms with van der Waals surface area (Å²) >= 11 is 0.